The number of thiazole rings is 1. The SMILES string of the molecule is CN=C(C[N+](=O)[O-])NCCSCc1csc(NC(N)=NCC(F)(F)C(F)(F)F)n1. The third-order valence-electron chi connectivity index (χ3n) is 3.02. The van der Waals surface area contributed by atoms with Gasteiger partial charge in [0.2, 0.25) is 0 Å². The van der Waals surface area contributed by atoms with Crippen LogP contribution >= 0.6 is 23.1 Å². The van der Waals surface area contributed by atoms with Crippen LogP contribution in [0, 0.1) is 10.1 Å². The number of nitrogens with two attached hydrogens (primary N) is 1. The third-order valence-corrected chi connectivity index (χ3v) is 4.82. The first-order valence-electron chi connectivity index (χ1n) is 7.79. The van der Waals surface area contributed by atoms with Gasteiger partial charge in [0.1, 0.15) is 6.54 Å². The summed E-state index contributed by atoms with van der Waals surface area (Å²) in [6.45, 7) is -1.76. The van der Waals surface area contributed by atoms with Crippen LogP contribution in [0.25, 0.3) is 0 Å². The van der Waals surface area contributed by atoms with Crippen LogP contribution in [0.2, 0.25) is 0 Å². The second-order valence-corrected chi connectivity index (χ2v) is 7.28. The number of aliphatic imine (C=N–C) groups is 2. The number of anilines is 1. The maximum atomic E-state index is 12.8. The molecule has 1 heterocycles. The van der Waals surface area contributed by atoms with Crippen LogP contribution in [0.4, 0.5) is 27.1 Å². The lowest BCUT2D eigenvalue weighted by atomic mass is 10.3. The molecule has 1 aromatic rings. The summed E-state index contributed by atoms with van der Waals surface area (Å²) in [5, 5.41) is 17.5. The molecule has 0 aliphatic carbocycles. The van der Waals surface area contributed by atoms with Crippen molar-refractivity contribution >= 4 is 40.0 Å². The number of rotatable bonds is 10. The third kappa shape index (κ3) is 9.21. The highest BCUT2D eigenvalue weighted by atomic mass is 32.2. The van der Waals surface area contributed by atoms with E-state index in [2.05, 4.69) is 25.6 Å². The zero-order chi connectivity index (χ0) is 22.1. The molecule has 0 bridgehead atoms. The molecule has 0 radical (unpaired) electrons. The summed E-state index contributed by atoms with van der Waals surface area (Å²) in [6, 6.07) is 0. The number of amidine groups is 1. The highest BCUT2D eigenvalue weighted by Crippen LogP contribution is 2.35. The van der Waals surface area contributed by atoms with Crippen molar-refractivity contribution in [3.05, 3.63) is 21.2 Å². The minimum absolute atomic E-state index is 0.196. The van der Waals surface area contributed by atoms with Gasteiger partial charge < -0.3 is 16.4 Å². The first kappa shape index (κ1) is 24.8. The van der Waals surface area contributed by atoms with E-state index < -0.39 is 29.5 Å². The average molecular weight is 463 g/mol. The molecule has 0 aliphatic heterocycles. The predicted octanol–water partition coefficient (Wildman–Crippen LogP) is 2.20. The molecule has 0 fully saturated rings. The van der Waals surface area contributed by atoms with Crippen molar-refractivity contribution in [3.8, 4) is 0 Å². The summed E-state index contributed by atoms with van der Waals surface area (Å²) in [6.07, 6.45) is -5.70. The van der Waals surface area contributed by atoms with Gasteiger partial charge in [0.25, 0.3) is 6.54 Å². The van der Waals surface area contributed by atoms with E-state index in [0.717, 1.165) is 11.3 Å². The molecule has 164 valence electrons. The van der Waals surface area contributed by atoms with Gasteiger partial charge in [-0.25, -0.2) is 9.98 Å². The first-order chi connectivity index (χ1) is 13.4. The standard InChI is InChI=1S/C13H18F5N7O2S2/c1-20-9(4-25(26)27)21-2-3-28-5-8-6-29-11(23-8)24-10(19)22-7-12(14,15)13(16,17)18/h6H,2-5,7H2,1H3,(H,20,21)(H3,19,22,23,24). The molecule has 4 N–H and O–H groups in total. The van der Waals surface area contributed by atoms with Crippen molar-refractivity contribution < 1.29 is 26.9 Å². The highest BCUT2D eigenvalue weighted by molar-refractivity contribution is 7.98. The van der Waals surface area contributed by atoms with E-state index in [1.807, 2.05) is 0 Å². The van der Waals surface area contributed by atoms with Crippen molar-refractivity contribution in [2.75, 3.05) is 37.8 Å². The number of nitrogens with one attached hydrogen (secondary N) is 2. The molecule has 29 heavy (non-hydrogen) atoms. The van der Waals surface area contributed by atoms with Crippen molar-refractivity contribution in [2.45, 2.75) is 17.9 Å². The second kappa shape index (κ2) is 11.1. The molecular formula is C13H18F5N7O2S2. The van der Waals surface area contributed by atoms with Crippen molar-refractivity contribution in [1.82, 2.24) is 10.3 Å². The summed E-state index contributed by atoms with van der Waals surface area (Å²) >= 11 is 2.55. The van der Waals surface area contributed by atoms with Crippen LogP contribution in [-0.2, 0) is 5.75 Å². The van der Waals surface area contributed by atoms with Crippen molar-refractivity contribution in [1.29, 1.82) is 0 Å². The van der Waals surface area contributed by atoms with Crippen LogP contribution in [0.5, 0.6) is 0 Å². The molecule has 0 atom stereocenters. The molecule has 0 aliphatic rings. The second-order valence-electron chi connectivity index (χ2n) is 5.31. The van der Waals surface area contributed by atoms with Gasteiger partial charge in [-0.3, -0.25) is 15.1 Å². The fourth-order valence-corrected chi connectivity index (χ4v) is 3.20. The molecule has 9 nitrogen and oxygen atoms in total. The molecule has 1 aromatic heterocycles. The number of halogens is 5. The predicted molar refractivity (Wildman–Crippen MR) is 103 cm³/mol. The minimum atomic E-state index is -5.70. The maximum Gasteiger partial charge on any atom is 0.455 e. The highest BCUT2D eigenvalue weighted by Gasteiger charge is 2.57. The fourth-order valence-electron chi connectivity index (χ4n) is 1.63. The Morgan fingerprint density at radius 3 is 2.69 bits per heavy atom. The Bertz CT molecular complexity index is 739. The Morgan fingerprint density at radius 1 is 1.41 bits per heavy atom. The summed E-state index contributed by atoms with van der Waals surface area (Å²) in [7, 11) is 1.45. The van der Waals surface area contributed by atoms with Gasteiger partial charge in [-0.1, -0.05) is 0 Å². The zero-order valence-electron chi connectivity index (χ0n) is 15.0. The summed E-state index contributed by atoms with van der Waals surface area (Å²) < 4.78 is 61.8. The van der Waals surface area contributed by atoms with E-state index >= 15 is 0 Å². The molecular weight excluding hydrogens is 445 g/mol. The quantitative estimate of drug-likeness (QED) is 0.121. The van der Waals surface area contributed by atoms with Gasteiger partial charge in [-0.15, -0.1) is 11.3 Å². The van der Waals surface area contributed by atoms with Crippen LogP contribution < -0.4 is 16.4 Å². The van der Waals surface area contributed by atoms with Crippen molar-refractivity contribution in [3.63, 3.8) is 0 Å². The Morgan fingerprint density at radius 2 is 2.10 bits per heavy atom. The number of hydrogen-bond donors (Lipinski definition) is 3. The van der Waals surface area contributed by atoms with E-state index in [4.69, 9.17) is 5.73 Å². The Balaban J connectivity index is 2.39. The first-order valence-corrected chi connectivity index (χ1v) is 9.83. The maximum absolute atomic E-state index is 12.8. The fraction of sp³-hybridized carbons (Fsp3) is 0.615. The molecule has 0 aromatic carbocycles. The Hall–Kier alpha value is -2.23. The van der Waals surface area contributed by atoms with E-state index in [1.165, 1.54) is 18.8 Å². The Labute approximate surface area is 170 Å². The topological polar surface area (TPSA) is 131 Å². The molecule has 0 saturated carbocycles. The van der Waals surface area contributed by atoms with E-state index in [0.29, 0.717) is 23.7 Å². The van der Waals surface area contributed by atoms with Crippen LogP contribution in [-0.4, -0.2) is 66.2 Å². The lowest BCUT2D eigenvalue weighted by Gasteiger charge is -2.17. The van der Waals surface area contributed by atoms with Gasteiger partial charge >= 0.3 is 12.1 Å². The van der Waals surface area contributed by atoms with Gasteiger partial charge in [0.05, 0.1) is 5.69 Å². The molecule has 0 amide bonds. The lowest BCUT2D eigenvalue weighted by Crippen LogP contribution is -2.40. The Kier molecular flexibility index (Phi) is 9.48. The number of nitro groups is 1. The van der Waals surface area contributed by atoms with Crippen LogP contribution in [0.3, 0.4) is 0 Å². The summed E-state index contributed by atoms with van der Waals surface area (Å²) in [5.41, 5.74) is 5.94. The number of thioether (sulfide) groups is 1. The number of nitrogens with zero attached hydrogens (tertiary/aromatic N) is 4. The van der Waals surface area contributed by atoms with Gasteiger partial charge in [-0.2, -0.15) is 33.7 Å². The van der Waals surface area contributed by atoms with Gasteiger partial charge in [0.15, 0.2) is 16.9 Å². The van der Waals surface area contributed by atoms with Gasteiger partial charge in [0, 0.05) is 35.4 Å². The largest absolute Gasteiger partial charge is 0.455 e. The van der Waals surface area contributed by atoms with E-state index in [1.54, 1.807) is 5.38 Å². The lowest BCUT2D eigenvalue weighted by molar-refractivity contribution is -0.463. The average Bonchev–Trinajstić information content (AvgIpc) is 3.04. The van der Waals surface area contributed by atoms with Crippen molar-refractivity contribution in [2.24, 2.45) is 15.7 Å². The molecule has 0 spiro atoms. The molecule has 16 heteroatoms. The molecule has 0 saturated heterocycles. The number of alkyl halides is 5. The molecule has 0 unspecified atom stereocenters. The smallest absolute Gasteiger partial charge is 0.370 e. The monoisotopic (exact) mass is 463 g/mol. The minimum Gasteiger partial charge on any atom is -0.370 e. The van der Waals surface area contributed by atoms with Gasteiger partial charge in [-0.05, 0) is 0 Å². The van der Waals surface area contributed by atoms with E-state index in [9.17, 15) is 32.1 Å². The number of hydrogen-bond acceptors (Lipinski definition) is 7. The number of guanidine groups is 1. The summed E-state index contributed by atoms with van der Waals surface area (Å²) in [5.74, 6) is -4.23. The van der Waals surface area contributed by atoms with E-state index in [-0.39, 0.29) is 17.5 Å². The molecule has 1 rings (SSSR count). The normalized spacial score (nSPS) is 13.4. The van der Waals surface area contributed by atoms with Crippen LogP contribution in [0.15, 0.2) is 15.4 Å². The zero-order valence-corrected chi connectivity index (χ0v) is 16.6. The number of aromatic nitrogens is 1. The van der Waals surface area contributed by atoms with Crippen LogP contribution in [0.1, 0.15) is 5.69 Å². The summed E-state index contributed by atoms with van der Waals surface area (Å²) in [4.78, 5) is 20.8.